The van der Waals surface area contributed by atoms with Crippen molar-refractivity contribution in [3.63, 3.8) is 0 Å². The Morgan fingerprint density at radius 2 is 2.03 bits per heavy atom. The monoisotopic (exact) mass is 457 g/mol. The smallest absolute Gasteiger partial charge is 0.254 e. The number of carbonyl (C=O) groups is 1. The van der Waals surface area contributed by atoms with Crippen LogP contribution in [0.2, 0.25) is 0 Å². The third-order valence-electron chi connectivity index (χ3n) is 5.80. The van der Waals surface area contributed by atoms with E-state index in [4.69, 9.17) is 4.74 Å². The van der Waals surface area contributed by atoms with E-state index in [0.29, 0.717) is 37.8 Å². The zero-order valence-electron chi connectivity index (χ0n) is 19.3. The summed E-state index contributed by atoms with van der Waals surface area (Å²) < 4.78 is 7.78. The van der Waals surface area contributed by atoms with E-state index in [1.165, 1.54) is 0 Å². The fourth-order valence-corrected chi connectivity index (χ4v) is 4.28. The van der Waals surface area contributed by atoms with Gasteiger partial charge in [0, 0.05) is 60.2 Å². The number of nitrogens with one attached hydrogen (secondary N) is 1. The van der Waals surface area contributed by atoms with Crippen molar-refractivity contribution in [1.82, 2.24) is 29.2 Å². The van der Waals surface area contributed by atoms with Crippen LogP contribution in [-0.4, -0.2) is 61.4 Å². The summed E-state index contributed by atoms with van der Waals surface area (Å²) in [4.78, 5) is 32.9. The number of anilines is 2. The van der Waals surface area contributed by atoms with E-state index in [1.807, 2.05) is 65.9 Å². The summed E-state index contributed by atoms with van der Waals surface area (Å²) in [6.45, 7) is 6.15. The van der Waals surface area contributed by atoms with E-state index in [9.17, 15) is 4.79 Å². The van der Waals surface area contributed by atoms with Crippen LogP contribution in [0.25, 0.3) is 5.65 Å². The number of rotatable bonds is 5. The Morgan fingerprint density at radius 3 is 2.88 bits per heavy atom. The second kappa shape index (κ2) is 9.56. The number of benzene rings is 1. The fourth-order valence-electron chi connectivity index (χ4n) is 4.28. The number of hydrogen-bond donors (Lipinski definition) is 1. The number of imidazole rings is 1. The number of fused-ring (bicyclic) bond motifs is 1. The van der Waals surface area contributed by atoms with Gasteiger partial charge in [0.1, 0.15) is 0 Å². The van der Waals surface area contributed by atoms with E-state index >= 15 is 0 Å². The summed E-state index contributed by atoms with van der Waals surface area (Å²) in [6, 6.07) is 9.38. The highest BCUT2D eigenvalue weighted by Gasteiger charge is 2.24. The molecular formula is C25H27N7O2. The number of ether oxygens (including phenoxy) is 1. The third kappa shape index (κ3) is 5.04. The molecule has 4 aromatic rings. The quantitative estimate of drug-likeness (QED) is 0.491. The van der Waals surface area contributed by atoms with Crippen LogP contribution >= 0.6 is 0 Å². The Kier molecular flexibility index (Phi) is 6.18. The number of hydrogen-bond acceptors (Lipinski definition) is 7. The molecule has 1 fully saturated rings. The van der Waals surface area contributed by atoms with Crippen LogP contribution in [0.15, 0.2) is 55.1 Å². The molecule has 1 saturated heterocycles. The zero-order valence-corrected chi connectivity index (χ0v) is 19.3. The van der Waals surface area contributed by atoms with Gasteiger partial charge in [-0.05, 0) is 44.5 Å². The third-order valence-corrected chi connectivity index (χ3v) is 5.80. The Labute approximate surface area is 197 Å². The molecule has 0 radical (unpaired) electrons. The van der Waals surface area contributed by atoms with Gasteiger partial charge in [0.05, 0.1) is 25.1 Å². The largest absolute Gasteiger partial charge is 0.379 e. The average molecular weight is 458 g/mol. The summed E-state index contributed by atoms with van der Waals surface area (Å²) in [5.41, 5.74) is 4.94. The van der Waals surface area contributed by atoms with Gasteiger partial charge < -0.3 is 19.4 Å². The fraction of sp³-hybridized carbons (Fsp3) is 0.320. The molecule has 1 amide bonds. The van der Waals surface area contributed by atoms with Crippen LogP contribution in [0.1, 0.15) is 27.4 Å². The first-order valence-electron chi connectivity index (χ1n) is 11.4. The van der Waals surface area contributed by atoms with Gasteiger partial charge in [-0.3, -0.25) is 9.78 Å². The molecule has 1 atom stereocenters. The maximum absolute atomic E-state index is 13.4. The van der Waals surface area contributed by atoms with Gasteiger partial charge >= 0.3 is 0 Å². The summed E-state index contributed by atoms with van der Waals surface area (Å²) in [5.74, 6) is 0.663. The summed E-state index contributed by atoms with van der Waals surface area (Å²) in [7, 11) is 0. The minimum absolute atomic E-state index is 0.0153. The lowest BCUT2D eigenvalue weighted by Crippen LogP contribution is -2.36. The maximum Gasteiger partial charge on any atom is 0.254 e. The van der Waals surface area contributed by atoms with E-state index < -0.39 is 0 Å². The molecule has 0 spiro atoms. The SMILES string of the molecule is Cc1cc(C)nc(Nc2cccc(C(=O)N3CCOC[C@@H](Cc4cn5ccnc5cn4)C3)c2)n1. The van der Waals surface area contributed by atoms with Crippen LogP contribution in [0.3, 0.4) is 0 Å². The predicted molar refractivity (Wildman–Crippen MR) is 128 cm³/mol. The number of nitrogens with zero attached hydrogens (tertiary/aromatic N) is 6. The van der Waals surface area contributed by atoms with Gasteiger partial charge in [-0.2, -0.15) is 0 Å². The van der Waals surface area contributed by atoms with Gasteiger partial charge in [0.15, 0.2) is 5.65 Å². The molecule has 1 aliphatic heterocycles. The highest BCUT2D eigenvalue weighted by Crippen LogP contribution is 2.19. The van der Waals surface area contributed by atoms with E-state index in [-0.39, 0.29) is 11.8 Å². The van der Waals surface area contributed by atoms with Crippen molar-refractivity contribution < 1.29 is 9.53 Å². The van der Waals surface area contributed by atoms with Gasteiger partial charge in [-0.1, -0.05) is 6.07 Å². The molecule has 5 rings (SSSR count). The van der Waals surface area contributed by atoms with Crippen molar-refractivity contribution in [2.45, 2.75) is 20.3 Å². The van der Waals surface area contributed by atoms with Gasteiger partial charge in [-0.25, -0.2) is 15.0 Å². The molecule has 0 saturated carbocycles. The molecule has 1 N–H and O–H groups in total. The second-order valence-corrected chi connectivity index (χ2v) is 8.65. The molecule has 174 valence electrons. The standard InChI is InChI=1S/C25H27N7O2/c1-17-10-18(2)29-25(28-17)30-21-5-3-4-20(12-21)24(33)32-8-9-34-16-19(14-32)11-22-15-31-7-6-26-23(31)13-27-22/h3-7,10,12-13,15,19H,8-9,11,14,16H2,1-2H3,(H,28,29,30)/t19-/m0/s1. The Morgan fingerprint density at radius 1 is 1.18 bits per heavy atom. The molecule has 1 aliphatic rings. The molecule has 34 heavy (non-hydrogen) atoms. The minimum atomic E-state index is -0.0153. The topological polar surface area (TPSA) is 97.5 Å². The first-order chi connectivity index (χ1) is 16.5. The van der Waals surface area contributed by atoms with Gasteiger partial charge in [0.25, 0.3) is 5.91 Å². The van der Waals surface area contributed by atoms with Crippen molar-refractivity contribution in [2.24, 2.45) is 5.92 Å². The molecule has 0 unspecified atom stereocenters. The van der Waals surface area contributed by atoms with Crippen LogP contribution in [0.4, 0.5) is 11.6 Å². The molecule has 4 heterocycles. The Bertz CT molecular complexity index is 1300. The highest BCUT2D eigenvalue weighted by molar-refractivity contribution is 5.95. The first kappa shape index (κ1) is 22.0. The highest BCUT2D eigenvalue weighted by atomic mass is 16.5. The maximum atomic E-state index is 13.4. The second-order valence-electron chi connectivity index (χ2n) is 8.65. The minimum Gasteiger partial charge on any atom is -0.379 e. The van der Waals surface area contributed by atoms with Gasteiger partial charge in [0.2, 0.25) is 5.95 Å². The van der Waals surface area contributed by atoms with Crippen molar-refractivity contribution in [3.8, 4) is 0 Å². The molecule has 3 aromatic heterocycles. The van der Waals surface area contributed by atoms with Crippen molar-refractivity contribution in [1.29, 1.82) is 0 Å². The van der Waals surface area contributed by atoms with Crippen LogP contribution < -0.4 is 5.32 Å². The molecule has 1 aromatic carbocycles. The lowest BCUT2D eigenvalue weighted by Gasteiger charge is -2.24. The summed E-state index contributed by atoms with van der Waals surface area (Å²) >= 11 is 0. The Hall–Kier alpha value is -3.85. The molecule has 9 nitrogen and oxygen atoms in total. The van der Waals surface area contributed by atoms with Crippen LogP contribution in [-0.2, 0) is 11.2 Å². The normalized spacial score (nSPS) is 16.4. The number of amides is 1. The summed E-state index contributed by atoms with van der Waals surface area (Å²) in [6.07, 6.45) is 8.15. The van der Waals surface area contributed by atoms with Gasteiger partial charge in [-0.15, -0.1) is 0 Å². The average Bonchev–Trinajstić information content (AvgIpc) is 3.15. The number of aryl methyl sites for hydroxylation is 2. The molecule has 0 bridgehead atoms. The predicted octanol–water partition coefficient (Wildman–Crippen LogP) is 3.21. The lowest BCUT2D eigenvalue weighted by molar-refractivity contribution is 0.0737. The van der Waals surface area contributed by atoms with Crippen molar-refractivity contribution >= 4 is 23.2 Å². The number of carbonyl (C=O) groups excluding carboxylic acids is 1. The van der Waals surface area contributed by atoms with Crippen LogP contribution in [0.5, 0.6) is 0 Å². The Balaban J connectivity index is 1.29. The van der Waals surface area contributed by atoms with E-state index in [0.717, 1.165) is 34.8 Å². The summed E-state index contributed by atoms with van der Waals surface area (Å²) in [5, 5.41) is 3.22. The first-order valence-corrected chi connectivity index (χ1v) is 11.4. The molecule has 0 aliphatic carbocycles. The van der Waals surface area contributed by atoms with Crippen molar-refractivity contribution in [2.75, 3.05) is 31.6 Å². The molecular weight excluding hydrogens is 430 g/mol. The lowest BCUT2D eigenvalue weighted by atomic mass is 10.0. The van der Waals surface area contributed by atoms with E-state index in [1.54, 1.807) is 12.4 Å². The van der Waals surface area contributed by atoms with E-state index in [2.05, 4.69) is 25.3 Å². The van der Waals surface area contributed by atoms with Crippen molar-refractivity contribution in [3.05, 3.63) is 77.8 Å². The zero-order chi connectivity index (χ0) is 23.5. The number of aromatic nitrogens is 5. The molecule has 9 heteroatoms. The van der Waals surface area contributed by atoms with Crippen LogP contribution in [0, 0.1) is 19.8 Å².